The van der Waals surface area contributed by atoms with E-state index in [-0.39, 0.29) is 22.6 Å². The summed E-state index contributed by atoms with van der Waals surface area (Å²) < 4.78 is 0. The van der Waals surface area contributed by atoms with Gasteiger partial charge in [0.15, 0.2) is 0 Å². The van der Waals surface area contributed by atoms with Crippen LogP contribution in [0.3, 0.4) is 0 Å². The molecule has 0 amide bonds. The van der Waals surface area contributed by atoms with E-state index in [1.165, 1.54) is 0 Å². The molecule has 0 saturated carbocycles. The first kappa shape index (κ1) is 11.0. The van der Waals surface area contributed by atoms with Gasteiger partial charge in [-0.3, -0.25) is 0 Å². The predicted octanol–water partition coefficient (Wildman–Crippen LogP) is 2.46. The molecule has 2 aromatic rings. The monoisotopic (exact) mass is 230 g/mol. The third-order valence-corrected chi connectivity index (χ3v) is 2.41. The molecule has 0 heterocycles. The number of aromatic hydroxyl groups is 2. The van der Waals surface area contributed by atoms with Crippen molar-refractivity contribution in [3.8, 4) is 22.6 Å². The maximum Gasteiger partial charge on any atom is 0.335 e. The van der Waals surface area contributed by atoms with Crippen LogP contribution in [-0.2, 0) is 0 Å². The van der Waals surface area contributed by atoms with Crippen LogP contribution in [0.15, 0.2) is 42.5 Å². The lowest BCUT2D eigenvalue weighted by atomic mass is 10.0. The molecule has 0 bridgehead atoms. The molecule has 0 saturated heterocycles. The molecule has 2 aromatic carbocycles. The minimum absolute atomic E-state index is 0.153. The summed E-state index contributed by atoms with van der Waals surface area (Å²) in [5.74, 6) is -1.71. The largest absolute Gasteiger partial charge is 0.507 e. The summed E-state index contributed by atoms with van der Waals surface area (Å²) in [7, 11) is 0. The third-order valence-electron chi connectivity index (χ3n) is 2.41. The van der Waals surface area contributed by atoms with Crippen LogP contribution in [0.5, 0.6) is 11.5 Å². The number of aromatic carboxylic acids is 1. The van der Waals surface area contributed by atoms with E-state index >= 15 is 0 Å². The molecule has 4 heteroatoms. The molecule has 0 aliphatic rings. The molecule has 0 unspecified atom stereocenters. The second-order valence-corrected chi connectivity index (χ2v) is 3.56. The molecule has 0 aliphatic carbocycles. The Morgan fingerprint density at radius 1 is 0.941 bits per heavy atom. The van der Waals surface area contributed by atoms with Crippen LogP contribution in [0.4, 0.5) is 0 Å². The van der Waals surface area contributed by atoms with Gasteiger partial charge in [-0.2, -0.15) is 0 Å². The zero-order valence-corrected chi connectivity index (χ0v) is 8.79. The topological polar surface area (TPSA) is 77.8 Å². The van der Waals surface area contributed by atoms with Crippen molar-refractivity contribution >= 4 is 5.97 Å². The highest BCUT2D eigenvalue weighted by Gasteiger charge is 2.14. The summed E-state index contributed by atoms with van der Waals surface area (Å²) in [6.07, 6.45) is 0. The van der Waals surface area contributed by atoms with E-state index in [2.05, 4.69) is 0 Å². The van der Waals surface area contributed by atoms with Crippen molar-refractivity contribution in [2.45, 2.75) is 0 Å². The highest BCUT2D eigenvalue weighted by atomic mass is 16.4. The minimum Gasteiger partial charge on any atom is -0.507 e. The number of rotatable bonds is 2. The lowest BCUT2D eigenvalue weighted by molar-refractivity contribution is 0.0696. The number of carboxylic acids is 1. The van der Waals surface area contributed by atoms with E-state index in [0.29, 0.717) is 5.56 Å². The van der Waals surface area contributed by atoms with Gasteiger partial charge in [0, 0.05) is 0 Å². The van der Waals surface area contributed by atoms with Crippen LogP contribution in [0.25, 0.3) is 11.1 Å². The molecular weight excluding hydrogens is 220 g/mol. The number of phenols is 2. The molecule has 0 spiro atoms. The van der Waals surface area contributed by atoms with Crippen LogP contribution < -0.4 is 0 Å². The first-order valence-corrected chi connectivity index (χ1v) is 4.94. The van der Waals surface area contributed by atoms with Crippen LogP contribution in [0, 0.1) is 0 Å². The van der Waals surface area contributed by atoms with Crippen molar-refractivity contribution in [1.29, 1.82) is 0 Å². The number of carbonyl (C=O) groups is 1. The standard InChI is InChI=1S/C13H10O4/c14-10-6-9(13(16)17)7-11(15)12(10)8-4-2-1-3-5-8/h1-7,14-15H,(H,16,17). The molecule has 4 nitrogen and oxygen atoms in total. The number of carboxylic acid groups (broad SMARTS) is 1. The van der Waals surface area contributed by atoms with E-state index in [0.717, 1.165) is 12.1 Å². The molecule has 0 aromatic heterocycles. The molecule has 86 valence electrons. The second kappa shape index (κ2) is 4.17. The Labute approximate surface area is 97.4 Å². The minimum atomic E-state index is -1.20. The average molecular weight is 230 g/mol. The third kappa shape index (κ3) is 2.06. The van der Waals surface area contributed by atoms with Gasteiger partial charge in [0.25, 0.3) is 0 Å². The Balaban J connectivity index is 2.61. The number of phenolic OH excluding ortho intramolecular Hbond substituents is 2. The van der Waals surface area contributed by atoms with Crippen molar-refractivity contribution in [3.05, 3.63) is 48.0 Å². The highest BCUT2D eigenvalue weighted by molar-refractivity contribution is 5.91. The van der Waals surface area contributed by atoms with Crippen LogP contribution in [-0.4, -0.2) is 21.3 Å². The summed E-state index contributed by atoms with van der Waals surface area (Å²) >= 11 is 0. The van der Waals surface area contributed by atoms with Gasteiger partial charge in [0.05, 0.1) is 11.1 Å². The Morgan fingerprint density at radius 2 is 1.47 bits per heavy atom. The Morgan fingerprint density at radius 3 is 1.94 bits per heavy atom. The summed E-state index contributed by atoms with van der Waals surface area (Å²) in [5.41, 5.74) is 0.703. The van der Waals surface area contributed by atoms with Gasteiger partial charge in [-0.1, -0.05) is 30.3 Å². The van der Waals surface area contributed by atoms with Crippen molar-refractivity contribution in [3.63, 3.8) is 0 Å². The number of hydrogen-bond acceptors (Lipinski definition) is 3. The summed E-state index contributed by atoms with van der Waals surface area (Å²) in [5, 5.41) is 28.3. The Bertz CT molecular complexity index is 538. The van der Waals surface area contributed by atoms with E-state index in [9.17, 15) is 15.0 Å². The zero-order valence-electron chi connectivity index (χ0n) is 8.79. The van der Waals surface area contributed by atoms with Crippen molar-refractivity contribution in [2.75, 3.05) is 0 Å². The average Bonchev–Trinajstić information content (AvgIpc) is 2.29. The fourth-order valence-electron chi connectivity index (χ4n) is 1.64. The van der Waals surface area contributed by atoms with E-state index < -0.39 is 5.97 Å². The predicted molar refractivity (Wildman–Crippen MR) is 62.2 cm³/mol. The van der Waals surface area contributed by atoms with Crippen LogP contribution in [0.1, 0.15) is 10.4 Å². The van der Waals surface area contributed by atoms with Gasteiger partial charge in [0.2, 0.25) is 0 Å². The molecular formula is C13H10O4. The molecule has 17 heavy (non-hydrogen) atoms. The van der Waals surface area contributed by atoms with Gasteiger partial charge < -0.3 is 15.3 Å². The summed E-state index contributed by atoms with van der Waals surface area (Å²) in [6, 6.07) is 11.0. The maximum absolute atomic E-state index is 10.7. The van der Waals surface area contributed by atoms with Gasteiger partial charge in [0.1, 0.15) is 11.5 Å². The first-order chi connectivity index (χ1) is 8.09. The maximum atomic E-state index is 10.7. The smallest absolute Gasteiger partial charge is 0.335 e. The van der Waals surface area contributed by atoms with E-state index in [1.807, 2.05) is 6.07 Å². The lowest BCUT2D eigenvalue weighted by Gasteiger charge is -2.08. The van der Waals surface area contributed by atoms with Gasteiger partial charge in [-0.05, 0) is 17.7 Å². The molecule has 0 fully saturated rings. The summed E-state index contributed by atoms with van der Waals surface area (Å²) in [4.78, 5) is 10.7. The quantitative estimate of drug-likeness (QED) is 0.740. The van der Waals surface area contributed by atoms with E-state index in [4.69, 9.17) is 5.11 Å². The SMILES string of the molecule is O=C(O)c1cc(O)c(-c2ccccc2)c(O)c1. The number of hydrogen-bond donors (Lipinski definition) is 3. The normalized spacial score (nSPS) is 10.1. The second-order valence-electron chi connectivity index (χ2n) is 3.56. The highest BCUT2D eigenvalue weighted by Crippen LogP contribution is 2.37. The zero-order chi connectivity index (χ0) is 12.4. The molecule has 0 atom stereocenters. The molecule has 3 N–H and O–H groups in total. The van der Waals surface area contributed by atoms with Crippen molar-refractivity contribution < 1.29 is 20.1 Å². The van der Waals surface area contributed by atoms with Crippen LogP contribution >= 0.6 is 0 Å². The molecule has 0 aliphatic heterocycles. The fraction of sp³-hybridized carbons (Fsp3) is 0. The van der Waals surface area contributed by atoms with Gasteiger partial charge in [-0.15, -0.1) is 0 Å². The Kier molecular flexibility index (Phi) is 2.70. The van der Waals surface area contributed by atoms with Crippen LogP contribution in [0.2, 0.25) is 0 Å². The molecule has 2 rings (SSSR count). The summed E-state index contributed by atoms with van der Waals surface area (Å²) in [6.45, 7) is 0. The van der Waals surface area contributed by atoms with Crippen molar-refractivity contribution in [2.24, 2.45) is 0 Å². The number of benzene rings is 2. The first-order valence-electron chi connectivity index (χ1n) is 4.94. The molecule has 0 radical (unpaired) electrons. The van der Waals surface area contributed by atoms with Crippen molar-refractivity contribution in [1.82, 2.24) is 0 Å². The lowest BCUT2D eigenvalue weighted by Crippen LogP contribution is -1.96. The van der Waals surface area contributed by atoms with Gasteiger partial charge >= 0.3 is 5.97 Å². The Hall–Kier alpha value is -2.49. The van der Waals surface area contributed by atoms with E-state index in [1.54, 1.807) is 24.3 Å². The fourth-order valence-corrected chi connectivity index (χ4v) is 1.64. The van der Waals surface area contributed by atoms with Gasteiger partial charge in [-0.25, -0.2) is 4.79 Å².